The van der Waals surface area contributed by atoms with Crippen LogP contribution in [-0.4, -0.2) is 9.55 Å². The highest BCUT2D eigenvalue weighted by Crippen LogP contribution is 2.30. The van der Waals surface area contributed by atoms with Crippen LogP contribution >= 0.6 is 39.0 Å². The van der Waals surface area contributed by atoms with Gasteiger partial charge in [-0.2, -0.15) is 0 Å². The fraction of sp³-hybridized carbons (Fsp3) is 0.211. The van der Waals surface area contributed by atoms with Crippen LogP contribution < -0.4 is 11.2 Å². The summed E-state index contributed by atoms with van der Waals surface area (Å²) in [5, 5.41) is 2.20. The number of hydrogen-bond acceptors (Lipinski definition) is 6. The Morgan fingerprint density at radius 2 is 2.04 bits per heavy atom. The first kappa shape index (κ1) is 18.5. The maximum atomic E-state index is 12.7. The number of hydrogen-bond donors (Lipinski definition) is 0. The van der Waals surface area contributed by atoms with E-state index in [-0.39, 0.29) is 5.56 Å². The molecular weight excluding hydrogens is 448 g/mol. The van der Waals surface area contributed by atoms with Gasteiger partial charge in [-0.25, -0.2) is 9.78 Å². The van der Waals surface area contributed by atoms with Crippen LogP contribution in [0.5, 0.6) is 0 Å². The molecule has 0 aliphatic rings. The summed E-state index contributed by atoms with van der Waals surface area (Å²) in [5.41, 5.74) is 1.96. The van der Waals surface area contributed by atoms with Crippen molar-refractivity contribution in [2.75, 3.05) is 0 Å². The molecule has 0 radical (unpaired) electrons. The summed E-state index contributed by atoms with van der Waals surface area (Å²) in [6.45, 7) is 3.96. The fourth-order valence-electron chi connectivity index (χ4n) is 2.95. The first-order valence-electron chi connectivity index (χ1n) is 8.17. The van der Waals surface area contributed by atoms with E-state index in [1.807, 2.05) is 26.0 Å². The van der Waals surface area contributed by atoms with Gasteiger partial charge in [-0.3, -0.25) is 9.36 Å². The zero-order valence-electron chi connectivity index (χ0n) is 14.8. The molecule has 138 valence electrons. The van der Waals surface area contributed by atoms with E-state index in [0.29, 0.717) is 21.9 Å². The Hall–Kier alpha value is -1.90. The standard InChI is InChI=1S/C19H15BrN2O3S2/c1-9-10(2)27-17-16(9)18(24)22(3)19(21-17)26-8-11-6-15(23)25-14-7-12(20)4-5-13(11)14/h4-7H,8H2,1-3H3. The Balaban J connectivity index is 1.76. The Kier molecular flexibility index (Phi) is 4.73. The van der Waals surface area contributed by atoms with E-state index in [1.54, 1.807) is 17.7 Å². The monoisotopic (exact) mass is 462 g/mol. The minimum atomic E-state index is -0.391. The third-order valence-corrected chi connectivity index (χ3v) is 7.19. The van der Waals surface area contributed by atoms with Crippen molar-refractivity contribution >= 4 is 60.2 Å². The molecule has 8 heteroatoms. The Bertz CT molecular complexity index is 1320. The van der Waals surface area contributed by atoms with Gasteiger partial charge in [0.2, 0.25) is 0 Å². The van der Waals surface area contributed by atoms with E-state index in [4.69, 9.17) is 4.42 Å². The van der Waals surface area contributed by atoms with Crippen molar-refractivity contribution in [2.45, 2.75) is 24.8 Å². The minimum Gasteiger partial charge on any atom is -0.423 e. The molecule has 3 aromatic heterocycles. The second kappa shape index (κ2) is 6.92. The lowest BCUT2D eigenvalue weighted by Crippen LogP contribution is -2.19. The van der Waals surface area contributed by atoms with E-state index >= 15 is 0 Å². The number of nitrogens with zero attached hydrogens (tertiary/aromatic N) is 2. The van der Waals surface area contributed by atoms with Crippen molar-refractivity contribution in [1.29, 1.82) is 0 Å². The van der Waals surface area contributed by atoms with Crippen LogP contribution in [-0.2, 0) is 12.8 Å². The second-order valence-corrected chi connectivity index (χ2v) is 9.30. The predicted octanol–water partition coefficient (Wildman–Crippen LogP) is 4.77. The molecule has 0 aliphatic carbocycles. The van der Waals surface area contributed by atoms with Crippen LogP contribution in [0.4, 0.5) is 0 Å². The molecule has 0 unspecified atom stereocenters. The Morgan fingerprint density at radius 1 is 1.26 bits per heavy atom. The average molecular weight is 463 g/mol. The number of aryl methyl sites for hydroxylation is 2. The molecule has 0 saturated heterocycles. The molecule has 0 amide bonds. The fourth-order valence-corrected chi connectivity index (χ4v) is 5.32. The first-order valence-corrected chi connectivity index (χ1v) is 10.8. The van der Waals surface area contributed by atoms with Crippen molar-refractivity contribution < 1.29 is 4.42 Å². The van der Waals surface area contributed by atoms with Gasteiger partial charge in [-0.1, -0.05) is 27.7 Å². The van der Waals surface area contributed by atoms with Gasteiger partial charge in [0.05, 0.1) is 5.39 Å². The van der Waals surface area contributed by atoms with Crippen LogP contribution in [0.15, 0.2) is 47.9 Å². The molecule has 0 N–H and O–H groups in total. The number of halogens is 1. The van der Waals surface area contributed by atoms with Gasteiger partial charge in [0.1, 0.15) is 10.4 Å². The number of thioether (sulfide) groups is 1. The van der Waals surface area contributed by atoms with Gasteiger partial charge in [-0.15, -0.1) is 11.3 Å². The zero-order chi connectivity index (χ0) is 19.3. The third-order valence-electron chi connectivity index (χ3n) is 4.52. The molecule has 0 bridgehead atoms. The zero-order valence-corrected chi connectivity index (χ0v) is 18.0. The summed E-state index contributed by atoms with van der Waals surface area (Å²) in [5.74, 6) is 0.513. The summed E-state index contributed by atoms with van der Waals surface area (Å²) in [4.78, 5) is 31.2. The van der Waals surface area contributed by atoms with Crippen molar-refractivity contribution in [3.63, 3.8) is 0 Å². The highest BCUT2D eigenvalue weighted by Gasteiger charge is 2.15. The van der Waals surface area contributed by atoms with Crippen molar-refractivity contribution in [2.24, 2.45) is 7.05 Å². The molecule has 4 aromatic rings. The number of rotatable bonds is 3. The van der Waals surface area contributed by atoms with E-state index in [2.05, 4.69) is 20.9 Å². The van der Waals surface area contributed by atoms with Crippen molar-refractivity contribution in [3.05, 3.63) is 65.5 Å². The van der Waals surface area contributed by atoms with Gasteiger partial charge < -0.3 is 4.42 Å². The quantitative estimate of drug-likeness (QED) is 0.249. The van der Waals surface area contributed by atoms with E-state index < -0.39 is 5.63 Å². The highest BCUT2D eigenvalue weighted by atomic mass is 79.9. The second-order valence-electron chi connectivity index (χ2n) is 6.24. The maximum absolute atomic E-state index is 12.7. The molecule has 0 spiro atoms. The number of benzene rings is 1. The summed E-state index contributed by atoms with van der Waals surface area (Å²) in [6.07, 6.45) is 0. The van der Waals surface area contributed by atoms with E-state index in [1.165, 1.54) is 29.2 Å². The third kappa shape index (κ3) is 3.26. The molecule has 0 atom stereocenters. The predicted molar refractivity (Wildman–Crippen MR) is 114 cm³/mol. The van der Waals surface area contributed by atoms with Gasteiger partial charge in [0.15, 0.2) is 5.16 Å². The average Bonchev–Trinajstić information content (AvgIpc) is 2.90. The molecule has 5 nitrogen and oxygen atoms in total. The highest BCUT2D eigenvalue weighted by molar-refractivity contribution is 9.10. The number of thiophene rings is 1. The lowest BCUT2D eigenvalue weighted by atomic mass is 10.1. The number of fused-ring (bicyclic) bond motifs is 2. The van der Waals surface area contributed by atoms with Crippen molar-refractivity contribution in [1.82, 2.24) is 9.55 Å². The molecule has 0 fully saturated rings. The van der Waals surface area contributed by atoms with Crippen LogP contribution in [0.25, 0.3) is 21.2 Å². The van der Waals surface area contributed by atoms with Crippen LogP contribution in [0.3, 0.4) is 0 Å². The first-order chi connectivity index (χ1) is 12.8. The largest absolute Gasteiger partial charge is 0.423 e. The molecule has 0 aliphatic heterocycles. The number of aromatic nitrogens is 2. The van der Waals surface area contributed by atoms with Gasteiger partial charge in [0.25, 0.3) is 5.56 Å². The maximum Gasteiger partial charge on any atom is 0.336 e. The van der Waals surface area contributed by atoms with Gasteiger partial charge in [-0.05, 0) is 43.2 Å². The normalized spacial score (nSPS) is 11.6. The lowest BCUT2D eigenvalue weighted by Gasteiger charge is -2.09. The Morgan fingerprint density at radius 3 is 2.81 bits per heavy atom. The summed E-state index contributed by atoms with van der Waals surface area (Å²) in [6, 6.07) is 7.11. The summed E-state index contributed by atoms with van der Waals surface area (Å²) in [7, 11) is 1.73. The lowest BCUT2D eigenvalue weighted by molar-refractivity contribution is 0.559. The summed E-state index contributed by atoms with van der Waals surface area (Å²) < 4.78 is 7.72. The minimum absolute atomic E-state index is 0.0364. The van der Waals surface area contributed by atoms with Gasteiger partial charge >= 0.3 is 5.63 Å². The van der Waals surface area contributed by atoms with Crippen LogP contribution in [0.2, 0.25) is 0 Å². The van der Waals surface area contributed by atoms with E-state index in [0.717, 1.165) is 30.7 Å². The van der Waals surface area contributed by atoms with Gasteiger partial charge in [0, 0.05) is 33.6 Å². The summed E-state index contributed by atoms with van der Waals surface area (Å²) >= 11 is 6.37. The van der Waals surface area contributed by atoms with Crippen LogP contribution in [0.1, 0.15) is 16.0 Å². The van der Waals surface area contributed by atoms with Crippen molar-refractivity contribution in [3.8, 4) is 0 Å². The molecule has 3 heterocycles. The topological polar surface area (TPSA) is 65.1 Å². The molecule has 27 heavy (non-hydrogen) atoms. The molecular formula is C19H15BrN2O3S2. The SMILES string of the molecule is Cc1sc2nc(SCc3cc(=O)oc4cc(Br)ccc34)n(C)c(=O)c2c1C. The van der Waals surface area contributed by atoms with E-state index in [9.17, 15) is 9.59 Å². The smallest absolute Gasteiger partial charge is 0.336 e. The molecule has 4 rings (SSSR count). The molecule has 1 aromatic carbocycles. The molecule has 0 saturated carbocycles. The Labute approximate surface area is 171 Å². The van der Waals surface area contributed by atoms with Crippen LogP contribution in [0, 0.1) is 13.8 Å².